The van der Waals surface area contributed by atoms with Crippen LogP contribution in [0.1, 0.15) is 0 Å². The van der Waals surface area contributed by atoms with Crippen LogP contribution in [0.3, 0.4) is 0 Å². The highest BCUT2D eigenvalue weighted by molar-refractivity contribution is 6.30. The van der Waals surface area contributed by atoms with Crippen LogP contribution in [0.15, 0.2) is 36.7 Å². The minimum absolute atomic E-state index is 0.600. The van der Waals surface area contributed by atoms with Crippen molar-refractivity contribution in [2.75, 3.05) is 5.73 Å². The zero-order valence-corrected chi connectivity index (χ0v) is 7.57. The molecule has 2 N–H and O–H groups in total. The van der Waals surface area contributed by atoms with Gasteiger partial charge in [0, 0.05) is 6.20 Å². The van der Waals surface area contributed by atoms with Crippen LogP contribution in [0.5, 0.6) is 0 Å². The van der Waals surface area contributed by atoms with Crippen molar-refractivity contribution in [3.63, 3.8) is 0 Å². The molecule has 3 nitrogen and oxygen atoms in total. The molecule has 0 aliphatic heterocycles. The number of halogens is 1. The average Bonchev–Trinajstić information content (AvgIpc) is 2.53. The molecule has 0 unspecified atom stereocenters. The van der Waals surface area contributed by atoms with Gasteiger partial charge in [-0.05, 0) is 12.1 Å². The topological polar surface area (TPSA) is 43.8 Å². The molecule has 1 aromatic carbocycles. The van der Waals surface area contributed by atoms with Crippen LogP contribution >= 0.6 is 11.6 Å². The third kappa shape index (κ3) is 1.51. The van der Waals surface area contributed by atoms with Crippen LogP contribution in [-0.2, 0) is 0 Å². The first-order valence-electron chi connectivity index (χ1n) is 3.82. The number of nitrogens with zero attached hydrogens (tertiary/aromatic N) is 2. The summed E-state index contributed by atoms with van der Waals surface area (Å²) in [7, 11) is 0. The van der Waals surface area contributed by atoms with E-state index in [1.807, 2.05) is 24.3 Å². The fourth-order valence-corrected chi connectivity index (χ4v) is 1.26. The number of hydrogen-bond acceptors (Lipinski definition) is 2. The standard InChI is InChI=1S/C9H8ClN3/c10-7-5-12-13(6-7)9-4-2-1-3-8(9)11/h1-6H,11H2. The van der Waals surface area contributed by atoms with Gasteiger partial charge in [-0.3, -0.25) is 0 Å². The molecule has 1 aromatic heterocycles. The third-order valence-corrected chi connectivity index (χ3v) is 1.93. The predicted octanol–water partition coefficient (Wildman–Crippen LogP) is 2.11. The van der Waals surface area contributed by atoms with Crippen molar-refractivity contribution in [2.45, 2.75) is 0 Å². The van der Waals surface area contributed by atoms with E-state index in [2.05, 4.69) is 5.10 Å². The number of aromatic nitrogens is 2. The second-order valence-corrected chi connectivity index (χ2v) is 3.10. The molecule has 0 spiro atoms. The highest BCUT2D eigenvalue weighted by Crippen LogP contribution is 2.17. The lowest BCUT2D eigenvalue weighted by atomic mass is 10.3. The van der Waals surface area contributed by atoms with Crippen molar-refractivity contribution in [3.05, 3.63) is 41.7 Å². The van der Waals surface area contributed by atoms with E-state index in [1.54, 1.807) is 17.1 Å². The monoisotopic (exact) mass is 193 g/mol. The molecule has 0 amide bonds. The van der Waals surface area contributed by atoms with Crippen LogP contribution < -0.4 is 5.73 Å². The number of nitrogens with two attached hydrogens (primary N) is 1. The molecule has 13 heavy (non-hydrogen) atoms. The molecule has 4 heteroatoms. The van der Waals surface area contributed by atoms with E-state index in [-0.39, 0.29) is 0 Å². The van der Waals surface area contributed by atoms with E-state index < -0.39 is 0 Å². The molecular weight excluding hydrogens is 186 g/mol. The Bertz CT molecular complexity index is 422. The fraction of sp³-hybridized carbons (Fsp3) is 0. The number of rotatable bonds is 1. The second kappa shape index (κ2) is 3.11. The van der Waals surface area contributed by atoms with Crippen molar-refractivity contribution in [3.8, 4) is 5.69 Å². The summed E-state index contributed by atoms with van der Waals surface area (Å²) in [5, 5.41) is 4.65. The number of hydrogen-bond donors (Lipinski definition) is 1. The lowest BCUT2D eigenvalue weighted by Gasteiger charge is -2.03. The average molecular weight is 194 g/mol. The number of anilines is 1. The molecule has 2 aromatic rings. The van der Waals surface area contributed by atoms with Gasteiger partial charge in [0.15, 0.2) is 0 Å². The first-order chi connectivity index (χ1) is 6.27. The van der Waals surface area contributed by atoms with Gasteiger partial charge in [0.05, 0.1) is 22.6 Å². The smallest absolute Gasteiger partial charge is 0.0875 e. The van der Waals surface area contributed by atoms with E-state index >= 15 is 0 Å². The van der Waals surface area contributed by atoms with Crippen LogP contribution in [0.2, 0.25) is 5.02 Å². The molecule has 0 atom stereocenters. The highest BCUT2D eigenvalue weighted by Gasteiger charge is 2.01. The van der Waals surface area contributed by atoms with E-state index in [4.69, 9.17) is 17.3 Å². The van der Waals surface area contributed by atoms with Crippen molar-refractivity contribution in [1.82, 2.24) is 9.78 Å². The SMILES string of the molecule is Nc1ccccc1-n1cc(Cl)cn1. The van der Waals surface area contributed by atoms with Gasteiger partial charge in [-0.25, -0.2) is 4.68 Å². The first kappa shape index (κ1) is 8.13. The maximum absolute atomic E-state index is 5.76. The molecule has 0 saturated heterocycles. The van der Waals surface area contributed by atoms with E-state index in [0.29, 0.717) is 10.7 Å². The molecule has 0 bridgehead atoms. The van der Waals surface area contributed by atoms with E-state index in [9.17, 15) is 0 Å². The molecule has 0 saturated carbocycles. The Morgan fingerprint density at radius 1 is 1.31 bits per heavy atom. The normalized spacial score (nSPS) is 10.2. The lowest BCUT2D eigenvalue weighted by Crippen LogP contribution is -1.98. The summed E-state index contributed by atoms with van der Waals surface area (Å²) in [6, 6.07) is 7.49. The van der Waals surface area contributed by atoms with Gasteiger partial charge in [0.1, 0.15) is 0 Å². The Labute approximate surface area is 80.7 Å². The van der Waals surface area contributed by atoms with Crippen LogP contribution in [0.25, 0.3) is 5.69 Å². The van der Waals surface area contributed by atoms with Crippen molar-refractivity contribution in [2.24, 2.45) is 0 Å². The third-order valence-electron chi connectivity index (χ3n) is 1.73. The number of para-hydroxylation sites is 2. The van der Waals surface area contributed by atoms with Gasteiger partial charge in [0.2, 0.25) is 0 Å². The van der Waals surface area contributed by atoms with Crippen molar-refractivity contribution >= 4 is 17.3 Å². The summed E-state index contributed by atoms with van der Waals surface area (Å²) in [5.41, 5.74) is 7.28. The molecular formula is C9H8ClN3. The van der Waals surface area contributed by atoms with Crippen LogP contribution in [0.4, 0.5) is 5.69 Å². The Hall–Kier alpha value is -1.48. The molecule has 0 radical (unpaired) electrons. The van der Waals surface area contributed by atoms with E-state index in [0.717, 1.165) is 5.69 Å². The Balaban J connectivity index is 2.52. The van der Waals surface area contributed by atoms with E-state index in [1.165, 1.54) is 0 Å². The molecule has 0 fully saturated rings. The summed E-state index contributed by atoms with van der Waals surface area (Å²) < 4.78 is 1.65. The summed E-state index contributed by atoms with van der Waals surface area (Å²) in [6.45, 7) is 0. The Morgan fingerprint density at radius 2 is 2.08 bits per heavy atom. The molecule has 0 aliphatic carbocycles. The molecule has 0 aliphatic rings. The number of benzene rings is 1. The molecule has 66 valence electrons. The van der Waals surface area contributed by atoms with Crippen LogP contribution in [-0.4, -0.2) is 9.78 Å². The van der Waals surface area contributed by atoms with Gasteiger partial charge >= 0.3 is 0 Å². The van der Waals surface area contributed by atoms with Crippen LogP contribution in [0, 0.1) is 0 Å². The fourth-order valence-electron chi connectivity index (χ4n) is 1.13. The number of nitrogen functional groups attached to an aromatic ring is 1. The zero-order chi connectivity index (χ0) is 9.26. The minimum Gasteiger partial charge on any atom is -0.397 e. The van der Waals surface area contributed by atoms with Crippen molar-refractivity contribution < 1.29 is 0 Å². The minimum atomic E-state index is 0.600. The van der Waals surface area contributed by atoms with Gasteiger partial charge in [-0.2, -0.15) is 5.10 Å². The van der Waals surface area contributed by atoms with Gasteiger partial charge in [-0.15, -0.1) is 0 Å². The highest BCUT2D eigenvalue weighted by atomic mass is 35.5. The van der Waals surface area contributed by atoms with Gasteiger partial charge in [-0.1, -0.05) is 23.7 Å². The Morgan fingerprint density at radius 3 is 2.69 bits per heavy atom. The largest absolute Gasteiger partial charge is 0.397 e. The maximum atomic E-state index is 5.76. The van der Waals surface area contributed by atoms with Crippen molar-refractivity contribution in [1.29, 1.82) is 0 Å². The lowest BCUT2D eigenvalue weighted by molar-refractivity contribution is 0.883. The summed E-state index contributed by atoms with van der Waals surface area (Å²) in [4.78, 5) is 0. The Kier molecular flexibility index (Phi) is 1.94. The molecule has 2 rings (SSSR count). The maximum Gasteiger partial charge on any atom is 0.0875 e. The summed E-state index contributed by atoms with van der Waals surface area (Å²) >= 11 is 5.74. The first-order valence-corrected chi connectivity index (χ1v) is 4.20. The quantitative estimate of drug-likeness (QED) is 0.705. The van der Waals surface area contributed by atoms with Gasteiger partial charge in [0.25, 0.3) is 0 Å². The summed E-state index contributed by atoms with van der Waals surface area (Å²) in [6.07, 6.45) is 3.29. The predicted molar refractivity (Wildman–Crippen MR) is 53.0 cm³/mol. The zero-order valence-electron chi connectivity index (χ0n) is 6.81. The van der Waals surface area contributed by atoms with Gasteiger partial charge < -0.3 is 5.73 Å². The second-order valence-electron chi connectivity index (χ2n) is 2.66. The summed E-state index contributed by atoms with van der Waals surface area (Å²) in [5.74, 6) is 0. The molecule has 1 heterocycles.